The molecular weight excluding hydrogens is 354 g/mol. The molecule has 2 aromatic rings. The highest BCUT2D eigenvalue weighted by Crippen LogP contribution is 2.23. The van der Waals surface area contributed by atoms with Gasteiger partial charge >= 0.3 is 0 Å². The number of amides is 2. The third-order valence-corrected chi connectivity index (χ3v) is 4.22. The van der Waals surface area contributed by atoms with Gasteiger partial charge in [-0.3, -0.25) is 14.5 Å². The normalized spacial score (nSPS) is 11.2. The van der Waals surface area contributed by atoms with Gasteiger partial charge in [-0.1, -0.05) is 39.0 Å². The van der Waals surface area contributed by atoms with E-state index in [9.17, 15) is 9.59 Å². The fourth-order valence-corrected chi connectivity index (χ4v) is 2.70. The maximum Gasteiger partial charge on any atom is 0.238 e. The topological polar surface area (TPSA) is 70.7 Å². The number of hydrogen-bond acceptors (Lipinski definition) is 4. The van der Waals surface area contributed by atoms with E-state index in [4.69, 9.17) is 4.74 Å². The van der Waals surface area contributed by atoms with Gasteiger partial charge in [-0.15, -0.1) is 0 Å². The Hall–Kier alpha value is -2.86. The van der Waals surface area contributed by atoms with Crippen LogP contribution in [0.5, 0.6) is 5.75 Å². The van der Waals surface area contributed by atoms with E-state index < -0.39 is 0 Å². The Bertz CT molecular complexity index is 811. The molecule has 150 valence electrons. The van der Waals surface area contributed by atoms with Gasteiger partial charge < -0.3 is 15.4 Å². The molecule has 0 aliphatic rings. The van der Waals surface area contributed by atoms with Crippen molar-refractivity contribution in [2.24, 2.45) is 0 Å². The van der Waals surface area contributed by atoms with Crippen molar-refractivity contribution in [2.75, 3.05) is 37.9 Å². The van der Waals surface area contributed by atoms with E-state index >= 15 is 0 Å². The van der Waals surface area contributed by atoms with Crippen LogP contribution in [0.25, 0.3) is 0 Å². The smallest absolute Gasteiger partial charge is 0.238 e. The van der Waals surface area contributed by atoms with E-state index in [2.05, 4.69) is 31.4 Å². The summed E-state index contributed by atoms with van der Waals surface area (Å²) in [7, 11) is 3.30. The number of benzene rings is 2. The SMILES string of the molecule is COc1cccc(NC(=O)CN(C)CC(=O)Nc2ccc(C(C)(C)C)cc2)c1. The second-order valence-electron chi connectivity index (χ2n) is 7.83. The lowest BCUT2D eigenvalue weighted by molar-refractivity contribution is -0.119. The minimum absolute atomic E-state index is 0.0683. The van der Waals surface area contributed by atoms with Crippen molar-refractivity contribution in [3.63, 3.8) is 0 Å². The minimum atomic E-state index is -0.196. The molecule has 0 aromatic heterocycles. The summed E-state index contributed by atoms with van der Waals surface area (Å²) in [6.45, 7) is 6.66. The Kier molecular flexibility index (Phi) is 7.18. The number of carbonyl (C=O) groups excluding carboxylic acids is 2. The number of carbonyl (C=O) groups is 2. The van der Waals surface area contributed by atoms with Crippen molar-refractivity contribution in [1.82, 2.24) is 4.90 Å². The molecule has 2 amide bonds. The molecule has 2 N–H and O–H groups in total. The van der Waals surface area contributed by atoms with Crippen LogP contribution in [0.4, 0.5) is 11.4 Å². The molecule has 0 unspecified atom stereocenters. The Balaban J connectivity index is 1.82. The average Bonchev–Trinajstić information content (AvgIpc) is 2.61. The van der Waals surface area contributed by atoms with Crippen LogP contribution < -0.4 is 15.4 Å². The van der Waals surface area contributed by atoms with Crippen LogP contribution in [-0.2, 0) is 15.0 Å². The third-order valence-electron chi connectivity index (χ3n) is 4.22. The van der Waals surface area contributed by atoms with Gasteiger partial charge in [-0.2, -0.15) is 0 Å². The summed E-state index contributed by atoms with van der Waals surface area (Å²) in [6, 6.07) is 15.0. The molecule has 28 heavy (non-hydrogen) atoms. The Morgan fingerprint density at radius 3 is 2.04 bits per heavy atom. The molecule has 0 heterocycles. The molecule has 0 radical (unpaired) electrons. The molecule has 2 rings (SSSR count). The number of nitrogens with zero attached hydrogens (tertiary/aromatic N) is 1. The quantitative estimate of drug-likeness (QED) is 0.768. The summed E-state index contributed by atoms with van der Waals surface area (Å²) < 4.78 is 5.14. The number of anilines is 2. The number of nitrogens with one attached hydrogen (secondary N) is 2. The molecule has 0 saturated heterocycles. The second kappa shape index (κ2) is 9.37. The number of ether oxygens (including phenoxy) is 1. The summed E-state index contributed by atoms with van der Waals surface area (Å²) in [4.78, 5) is 26.1. The largest absolute Gasteiger partial charge is 0.497 e. The lowest BCUT2D eigenvalue weighted by atomic mass is 9.87. The number of hydrogen-bond donors (Lipinski definition) is 2. The molecule has 0 bridgehead atoms. The van der Waals surface area contributed by atoms with Crippen LogP contribution in [-0.4, -0.2) is 44.0 Å². The van der Waals surface area contributed by atoms with Gasteiger partial charge in [0.05, 0.1) is 20.2 Å². The molecule has 0 fully saturated rings. The second-order valence-corrected chi connectivity index (χ2v) is 7.83. The van der Waals surface area contributed by atoms with Crippen molar-refractivity contribution in [2.45, 2.75) is 26.2 Å². The maximum atomic E-state index is 12.2. The van der Waals surface area contributed by atoms with Gasteiger partial charge in [0.15, 0.2) is 0 Å². The predicted molar refractivity (Wildman–Crippen MR) is 113 cm³/mol. The summed E-state index contributed by atoms with van der Waals surface area (Å²) in [5.74, 6) is 0.307. The van der Waals surface area contributed by atoms with Gasteiger partial charge in [0, 0.05) is 17.4 Å². The predicted octanol–water partition coefficient (Wildman–Crippen LogP) is 3.50. The monoisotopic (exact) mass is 383 g/mol. The lowest BCUT2D eigenvalue weighted by Gasteiger charge is -2.19. The van der Waals surface area contributed by atoms with Crippen LogP contribution in [0, 0.1) is 0 Å². The summed E-state index contributed by atoms with van der Waals surface area (Å²) in [6.07, 6.45) is 0. The first kappa shape index (κ1) is 21.4. The van der Waals surface area contributed by atoms with Crippen molar-refractivity contribution in [3.05, 3.63) is 54.1 Å². The van der Waals surface area contributed by atoms with Crippen molar-refractivity contribution in [1.29, 1.82) is 0 Å². The highest BCUT2D eigenvalue weighted by Gasteiger charge is 2.14. The van der Waals surface area contributed by atoms with E-state index in [1.54, 1.807) is 43.3 Å². The van der Waals surface area contributed by atoms with E-state index in [1.165, 1.54) is 5.56 Å². The fourth-order valence-electron chi connectivity index (χ4n) is 2.70. The van der Waals surface area contributed by atoms with Gasteiger partial charge in [-0.05, 0) is 42.3 Å². The first-order valence-corrected chi connectivity index (χ1v) is 9.20. The molecule has 0 aliphatic heterocycles. The van der Waals surface area contributed by atoms with Crippen LogP contribution >= 0.6 is 0 Å². The molecule has 0 spiro atoms. The molecule has 6 heteroatoms. The Morgan fingerprint density at radius 1 is 0.929 bits per heavy atom. The zero-order valence-electron chi connectivity index (χ0n) is 17.2. The minimum Gasteiger partial charge on any atom is -0.497 e. The van der Waals surface area contributed by atoms with Crippen LogP contribution in [0.15, 0.2) is 48.5 Å². The number of rotatable bonds is 7. The molecular formula is C22H29N3O3. The molecule has 0 atom stereocenters. The van der Waals surface area contributed by atoms with Gasteiger partial charge in [0.2, 0.25) is 11.8 Å². The fraction of sp³-hybridized carbons (Fsp3) is 0.364. The van der Waals surface area contributed by atoms with Gasteiger partial charge in [-0.25, -0.2) is 0 Å². The zero-order chi connectivity index (χ0) is 20.7. The summed E-state index contributed by atoms with van der Waals surface area (Å²) in [5.41, 5.74) is 2.67. The van der Waals surface area contributed by atoms with Gasteiger partial charge in [0.25, 0.3) is 0 Å². The maximum absolute atomic E-state index is 12.2. The summed E-state index contributed by atoms with van der Waals surface area (Å²) >= 11 is 0. The van der Waals surface area contributed by atoms with E-state index in [0.717, 1.165) is 5.69 Å². The van der Waals surface area contributed by atoms with E-state index in [-0.39, 0.29) is 30.3 Å². The molecule has 0 saturated carbocycles. The average molecular weight is 383 g/mol. The molecule has 2 aromatic carbocycles. The van der Waals surface area contributed by atoms with Crippen LogP contribution in [0.2, 0.25) is 0 Å². The van der Waals surface area contributed by atoms with Crippen LogP contribution in [0.3, 0.4) is 0 Å². The first-order valence-electron chi connectivity index (χ1n) is 9.20. The van der Waals surface area contributed by atoms with Crippen molar-refractivity contribution < 1.29 is 14.3 Å². The van der Waals surface area contributed by atoms with Crippen LogP contribution in [0.1, 0.15) is 26.3 Å². The van der Waals surface area contributed by atoms with E-state index in [0.29, 0.717) is 11.4 Å². The Labute approximate surface area is 166 Å². The third kappa shape index (κ3) is 6.70. The first-order chi connectivity index (χ1) is 13.2. The lowest BCUT2D eigenvalue weighted by Crippen LogP contribution is -2.36. The Morgan fingerprint density at radius 2 is 1.50 bits per heavy atom. The van der Waals surface area contributed by atoms with Crippen molar-refractivity contribution in [3.8, 4) is 5.75 Å². The standard InChI is InChI=1S/C22H29N3O3/c1-22(2,3)16-9-11-17(12-10-16)23-20(26)14-25(4)15-21(27)24-18-7-6-8-19(13-18)28-5/h6-13H,14-15H2,1-5H3,(H,23,26)(H,24,27). The highest BCUT2D eigenvalue weighted by molar-refractivity contribution is 5.94. The summed E-state index contributed by atoms with van der Waals surface area (Å²) in [5, 5.41) is 5.66. The highest BCUT2D eigenvalue weighted by atomic mass is 16.5. The number of likely N-dealkylation sites (N-methyl/N-ethyl adjacent to an activating group) is 1. The zero-order valence-corrected chi connectivity index (χ0v) is 17.2. The van der Waals surface area contributed by atoms with E-state index in [1.807, 2.05) is 24.3 Å². The molecule has 6 nitrogen and oxygen atoms in total. The van der Waals surface area contributed by atoms with Crippen molar-refractivity contribution >= 4 is 23.2 Å². The van der Waals surface area contributed by atoms with Gasteiger partial charge in [0.1, 0.15) is 5.75 Å². The number of methoxy groups -OCH3 is 1. The molecule has 0 aliphatic carbocycles.